The fourth-order valence-electron chi connectivity index (χ4n) is 4.95. The first-order chi connectivity index (χ1) is 14.9. The van der Waals surface area contributed by atoms with E-state index in [0.29, 0.717) is 16.6 Å². The molecular formula is C24H25ClF3N3. The Labute approximate surface area is 186 Å². The summed E-state index contributed by atoms with van der Waals surface area (Å²) < 4.78 is 40.9. The third kappa shape index (κ3) is 4.83. The van der Waals surface area contributed by atoms with Gasteiger partial charge in [-0.25, -0.2) is 0 Å². The van der Waals surface area contributed by atoms with Crippen molar-refractivity contribution in [3.63, 3.8) is 0 Å². The molecule has 0 N–H and O–H groups in total. The van der Waals surface area contributed by atoms with Gasteiger partial charge in [0, 0.05) is 37.4 Å². The number of nitrogens with zero attached hydrogens (tertiary/aromatic N) is 3. The van der Waals surface area contributed by atoms with E-state index in [4.69, 9.17) is 11.6 Å². The Bertz CT molecular complexity index is 963. The summed E-state index contributed by atoms with van der Waals surface area (Å²) in [4.78, 5) is 4.53. The van der Waals surface area contributed by atoms with E-state index in [9.17, 15) is 18.4 Å². The molecule has 1 saturated heterocycles. The van der Waals surface area contributed by atoms with Crippen molar-refractivity contribution in [3.8, 4) is 6.07 Å². The van der Waals surface area contributed by atoms with Crippen LogP contribution in [0.4, 0.5) is 18.9 Å². The maximum Gasteiger partial charge on any atom is 0.416 e. The van der Waals surface area contributed by atoms with Crippen LogP contribution in [0, 0.1) is 11.3 Å². The van der Waals surface area contributed by atoms with Crippen molar-refractivity contribution in [2.45, 2.75) is 56.9 Å². The third-order valence-corrected chi connectivity index (χ3v) is 6.86. The summed E-state index contributed by atoms with van der Waals surface area (Å²) >= 11 is 6.28. The highest BCUT2D eigenvalue weighted by molar-refractivity contribution is 6.32. The molecule has 0 spiro atoms. The van der Waals surface area contributed by atoms with Gasteiger partial charge in [-0.2, -0.15) is 18.4 Å². The van der Waals surface area contributed by atoms with Crippen LogP contribution in [0.1, 0.15) is 48.8 Å². The second kappa shape index (κ2) is 9.10. The summed E-state index contributed by atoms with van der Waals surface area (Å²) in [5.74, 6) is 0. The predicted octanol–water partition coefficient (Wildman–Crippen LogP) is 6.25. The van der Waals surface area contributed by atoms with Gasteiger partial charge >= 0.3 is 6.18 Å². The van der Waals surface area contributed by atoms with Gasteiger partial charge in [0.25, 0.3) is 0 Å². The smallest absolute Gasteiger partial charge is 0.363 e. The average molecular weight is 448 g/mol. The Hall–Kier alpha value is -2.23. The summed E-state index contributed by atoms with van der Waals surface area (Å²) in [7, 11) is 0. The zero-order valence-electron chi connectivity index (χ0n) is 17.2. The number of benzene rings is 2. The van der Waals surface area contributed by atoms with Crippen LogP contribution in [0.5, 0.6) is 0 Å². The van der Waals surface area contributed by atoms with Crippen molar-refractivity contribution in [1.82, 2.24) is 4.90 Å². The van der Waals surface area contributed by atoms with Crippen LogP contribution < -0.4 is 4.90 Å². The van der Waals surface area contributed by atoms with Crippen LogP contribution in [0.25, 0.3) is 0 Å². The number of anilines is 1. The summed E-state index contributed by atoms with van der Waals surface area (Å²) in [5, 5.41) is 9.52. The third-order valence-electron chi connectivity index (χ3n) is 6.54. The lowest BCUT2D eigenvalue weighted by molar-refractivity contribution is -0.138. The van der Waals surface area contributed by atoms with E-state index in [1.54, 1.807) is 30.3 Å². The highest BCUT2D eigenvalue weighted by atomic mass is 35.5. The van der Waals surface area contributed by atoms with E-state index >= 15 is 0 Å². The molecule has 0 unspecified atom stereocenters. The molecule has 7 heteroatoms. The normalized spacial score (nSPS) is 20.2. The second-order valence-corrected chi connectivity index (χ2v) is 8.84. The van der Waals surface area contributed by atoms with Crippen LogP contribution in [0.2, 0.25) is 5.02 Å². The maximum absolute atomic E-state index is 13.6. The lowest BCUT2D eigenvalue weighted by Gasteiger charge is -2.33. The van der Waals surface area contributed by atoms with Crippen molar-refractivity contribution in [2.24, 2.45) is 0 Å². The molecule has 164 valence electrons. The van der Waals surface area contributed by atoms with Crippen LogP contribution in [-0.2, 0) is 12.7 Å². The van der Waals surface area contributed by atoms with Gasteiger partial charge in [0.15, 0.2) is 0 Å². The maximum atomic E-state index is 13.6. The standard InChI is InChI=1S/C24H25ClF3N3/c25-23-13-20(10-9-17(23)14-29)31(15-18-5-1-4-8-22(18)24(26,27)28)21-11-12-30(16-21)19-6-2-3-7-19/h1,4-5,8-10,13,19,21H,2-3,6-7,11-12,15-16H2/t21-/m0/s1. The molecule has 2 aliphatic rings. The van der Waals surface area contributed by atoms with E-state index in [0.717, 1.165) is 31.3 Å². The van der Waals surface area contributed by atoms with Gasteiger partial charge < -0.3 is 4.90 Å². The molecule has 2 fully saturated rings. The van der Waals surface area contributed by atoms with Crippen molar-refractivity contribution in [1.29, 1.82) is 5.26 Å². The Kier molecular flexibility index (Phi) is 6.45. The first kappa shape index (κ1) is 22.0. The number of hydrogen-bond donors (Lipinski definition) is 0. The molecule has 0 amide bonds. The molecule has 0 bridgehead atoms. The first-order valence-electron chi connectivity index (χ1n) is 10.7. The molecule has 1 saturated carbocycles. The number of rotatable bonds is 5. The monoisotopic (exact) mass is 447 g/mol. The van der Waals surface area contributed by atoms with Gasteiger partial charge in [0.05, 0.1) is 16.1 Å². The van der Waals surface area contributed by atoms with E-state index in [-0.39, 0.29) is 18.2 Å². The van der Waals surface area contributed by atoms with Crippen LogP contribution in [0.15, 0.2) is 42.5 Å². The molecule has 1 aliphatic heterocycles. The molecule has 2 aromatic carbocycles. The first-order valence-corrected chi connectivity index (χ1v) is 11.1. The topological polar surface area (TPSA) is 30.3 Å². The lowest BCUT2D eigenvalue weighted by atomic mass is 10.0. The molecule has 4 rings (SSSR count). The number of alkyl halides is 3. The second-order valence-electron chi connectivity index (χ2n) is 8.43. The van der Waals surface area contributed by atoms with Gasteiger partial charge in [0.1, 0.15) is 6.07 Å². The predicted molar refractivity (Wildman–Crippen MR) is 116 cm³/mol. The highest BCUT2D eigenvalue weighted by Crippen LogP contribution is 2.36. The van der Waals surface area contributed by atoms with Gasteiger partial charge in [-0.3, -0.25) is 4.90 Å². The van der Waals surface area contributed by atoms with Crippen LogP contribution >= 0.6 is 11.6 Å². The molecule has 1 aliphatic carbocycles. The SMILES string of the molecule is N#Cc1ccc(N(Cc2ccccc2C(F)(F)F)[C@H]2CCN(C3CCCC3)C2)cc1Cl. The average Bonchev–Trinajstić information content (AvgIpc) is 3.43. The number of hydrogen-bond acceptors (Lipinski definition) is 3. The van der Waals surface area contributed by atoms with E-state index in [2.05, 4.69) is 4.90 Å². The van der Waals surface area contributed by atoms with E-state index in [1.807, 2.05) is 11.0 Å². The Morgan fingerprint density at radius 1 is 1.10 bits per heavy atom. The molecule has 0 aromatic heterocycles. The number of likely N-dealkylation sites (tertiary alicyclic amines) is 1. The Morgan fingerprint density at radius 2 is 1.84 bits per heavy atom. The Morgan fingerprint density at radius 3 is 2.52 bits per heavy atom. The molecule has 31 heavy (non-hydrogen) atoms. The zero-order chi connectivity index (χ0) is 22.0. The van der Waals surface area contributed by atoms with Crippen LogP contribution in [-0.4, -0.2) is 30.1 Å². The van der Waals surface area contributed by atoms with Crippen LogP contribution in [0.3, 0.4) is 0 Å². The number of halogens is 4. The minimum absolute atomic E-state index is 0.0888. The van der Waals surface area contributed by atoms with Gasteiger partial charge in [-0.1, -0.05) is 42.6 Å². The minimum atomic E-state index is -4.41. The zero-order valence-corrected chi connectivity index (χ0v) is 18.0. The molecule has 3 nitrogen and oxygen atoms in total. The summed E-state index contributed by atoms with van der Waals surface area (Å²) in [6.45, 7) is 1.92. The summed E-state index contributed by atoms with van der Waals surface area (Å²) in [6, 6.07) is 13.6. The molecule has 1 atom stereocenters. The van der Waals surface area contributed by atoms with Crippen molar-refractivity contribution >= 4 is 17.3 Å². The summed E-state index contributed by atoms with van der Waals surface area (Å²) in [6.07, 6.45) is 1.39. The van der Waals surface area contributed by atoms with E-state index in [1.165, 1.54) is 31.7 Å². The quantitative estimate of drug-likeness (QED) is 0.542. The summed E-state index contributed by atoms with van der Waals surface area (Å²) in [5.41, 5.74) is 0.750. The lowest BCUT2D eigenvalue weighted by Crippen LogP contribution is -2.39. The fraction of sp³-hybridized carbons (Fsp3) is 0.458. The fourth-order valence-corrected chi connectivity index (χ4v) is 5.16. The van der Waals surface area contributed by atoms with Gasteiger partial charge in [-0.05, 0) is 49.1 Å². The Balaban J connectivity index is 1.66. The number of nitriles is 1. The molecule has 0 radical (unpaired) electrons. The minimum Gasteiger partial charge on any atom is -0.363 e. The molecule has 1 heterocycles. The van der Waals surface area contributed by atoms with E-state index < -0.39 is 11.7 Å². The van der Waals surface area contributed by atoms with Gasteiger partial charge in [0.2, 0.25) is 0 Å². The van der Waals surface area contributed by atoms with Gasteiger partial charge in [-0.15, -0.1) is 0 Å². The highest BCUT2D eigenvalue weighted by Gasteiger charge is 2.36. The largest absolute Gasteiger partial charge is 0.416 e. The molecular weight excluding hydrogens is 423 g/mol. The van der Waals surface area contributed by atoms with Crippen molar-refractivity contribution in [2.75, 3.05) is 18.0 Å². The van der Waals surface area contributed by atoms with Crippen molar-refractivity contribution < 1.29 is 13.2 Å². The molecule has 2 aromatic rings. The van der Waals surface area contributed by atoms with Crippen molar-refractivity contribution in [3.05, 3.63) is 64.2 Å².